The summed E-state index contributed by atoms with van der Waals surface area (Å²) in [5.41, 5.74) is 0. The summed E-state index contributed by atoms with van der Waals surface area (Å²) in [4.78, 5) is 24.0. The number of amides is 1. The third-order valence-corrected chi connectivity index (χ3v) is 2.50. The van der Waals surface area contributed by atoms with E-state index in [0.717, 1.165) is 12.8 Å². The van der Waals surface area contributed by atoms with Crippen LogP contribution in [-0.2, 0) is 14.3 Å². The second-order valence-corrected chi connectivity index (χ2v) is 3.74. The molecule has 0 saturated heterocycles. The van der Waals surface area contributed by atoms with Crippen molar-refractivity contribution >= 4 is 11.9 Å². The van der Waals surface area contributed by atoms with Gasteiger partial charge in [-0.2, -0.15) is 0 Å². The highest BCUT2D eigenvalue weighted by Crippen LogP contribution is 2.24. The van der Waals surface area contributed by atoms with Crippen molar-refractivity contribution in [1.82, 2.24) is 10.2 Å². The number of nitrogens with zero attached hydrogens (tertiary/aromatic N) is 1. The smallest absolute Gasteiger partial charge is 0.306 e. The molecule has 1 fully saturated rings. The number of methoxy groups -OCH3 is 1. The van der Waals surface area contributed by atoms with Gasteiger partial charge in [0.25, 0.3) is 0 Å². The van der Waals surface area contributed by atoms with Crippen LogP contribution in [0.25, 0.3) is 0 Å². The quantitative estimate of drug-likeness (QED) is 0.490. The van der Waals surface area contributed by atoms with Crippen LogP contribution in [0.3, 0.4) is 0 Å². The van der Waals surface area contributed by atoms with Crippen LogP contribution in [0.1, 0.15) is 19.3 Å². The van der Waals surface area contributed by atoms with E-state index < -0.39 is 0 Å². The van der Waals surface area contributed by atoms with E-state index in [2.05, 4.69) is 10.1 Å². The van der Waals surface area contributed by atoms with Crippen LogP contribution in [0.4, 0.5) is 0 Å². The topological polar surface area (TPSA) is 58.6 Å². The van der Waals surface area contributed by atoms with Crippen molar-refractivity contribution in [3.05, 3.63) is 0 Å². The lowest BCUT2D eigenvalue weighted by Crippen LogP contribution is -2.37. The lowest BCUT2D eigenvalue weighted by molar-refractivity contribution is -0.140. The number of rotatable bonds is 6. The van der Waals surface area contributed by atoms with Gasteiger partial charge in [0.1, 0.15) is 0 Å². The molecule has 0 atom stereocenters. The normalized spacial score (nSPS) is 14.8. The zero-order valence-electron chi connectivity index (χ0n) is 9.28. The largest absolute Gasteiger partial charge is 0.469 e. The molecule has 1 N–H and O–H groups in total. The maximum absolute atomic E-state index is 11.5. The molecule has 1 amide bonds. The highest BCUT2D eigenvalue weighted by atomic mass is 16.5. The van der Waals surface area contributed by atoms with Crippen molar-refractivity contribution in [2.45, 2.75) is 25.3 Å². The molecule has 15 heavy (non-hydrogen) atoms. The highest BCUT2D eigenvalue weighted by molar-refractivity contribution is 5.78. The first-order valence-electron chi connectivity index (χ1n) is 5.18. The van der Waals surface area contributed by atoms with Gasteiger partial charge in [-0.25, -0.2) is 0 Å². The van der Waals surface area contributed by atoms with Crippen molar-refractivity contribution in [3.8, 4) is 0 Å². The van der Waals surface area contributed by atoms with E-state index in [1.165, 1.54) is 7.11 Å². The van der Waals surface area contributed by atoms with Crippen LogP contribution in [0.15, 0.2) is 0 Å². The molecule has 0 bridgehead atoms. The van der Waals surface area contributed by atoms with E-state index in [1.807, 2.05) is 7.05 Å². The van der Waals surface area contributed by atoms with Gasteiger partial charge in [0, 0.05) is 19.6 Å². The Hall–Kier alpha value is -1.10. The molecule has 0 spiro atoms. The zero-order valence-corrected chi connectivity index (χ0v) is 9.28. The van der Waals surface area contributed by atoms with Gasteiger partial charge in [-0.05, 0) is 12.8 Å². The summed E-state index contributed by atoms with van der Waals surface area (Å²) < 4.78 is 4.48. The van der Waals surface area contributed by atoms with Gasteiger partial charge in [0.15, 0.2) is 0 Å². The van der Waals surface area contributed by atoms with Crippen LogP contribution in [0.2, 0.25) is 0 Å². The molecule has 5 heteroatoms. The van der Waals surface area contributed by atoms with Gasteiger partial charge in [-0.15, -0.1) is 0 Å². The fourth-order valence-electron chi connectivity index (χ4n) is 1.28. The molecular formula is C10H18N2O3. The SMILES string of the molecule is COC(=O)CCNCC(=O)N(C)C1CC1. The second kappa shape index (κ2) is 5.70. The van der Waals surface area contributed by atoms with E-state index in [4.69, 9.17) is 0 Å². The first kappa shape index (κ1) is 12.0. The Morgan fingerprint density at radius 2 is 2.13 bits per heavy atom. The molecule has 1 aliphatic rings. The maximum atomic E-state index is 11.5. The average molecular weight is 214 g/mol. The van der Waals surface area contributed by atoms with Gasteiger partial charge in [0.2, 0.25) is 5.91 Å². The average Bonchev–Trinajstić information content (AvgIpc) is 3.06. The van der Waals surface area contributed by atoms with Crippen LogP contribution in [0, 0.1) is 0 Å². The van der Waals surface area contributed by atoms with Gasteiger partial charge < -0.3 is 15.0 Å². The van der Waals surface area contributed by atoms with Gasteiger partial charge in [-0.1, -0.05) is 0 Å². The van der Waals surface area contributed by atoms with Crippen LogP contribution < -0.4 is 5.32 Å². The summed E-state index contributed by atoms with van der Waals surface area (Å²) in [6, 6.07) is 0.444. The van der Waals surface area contributed by atoms with Crippen molar-refractivity contribution in [3.63, 3.8) is 0 Å². The number of esters is 1. The highest BCUT2D eigenvalue weighted by Gasteiger charge is 2.28. The predicted molar refractivity (Wildman–Crippen MR) is 55.3 cm³/mol. The third kappa shape index (κ3) is 4.29. The third-order valence-electron chi connectivity index (χ3n) is 2.50. The van der Waals surface area contributed by atoms with Crippen molar-refractivity contribution in [2.24, 2.45) is 0 Å². The lowest BCUT2D eigenvalue weighted by atomic mass is 10.4. The first-order valence-corrected chi connectivity index (χ1v) is 5.18. The van der Waals surface area contributed by atoms with Crippen molar-refractivity contribution in [1.29, 1.82) is 0 Å². The zero-order chi connectivity index (χ0) is 11.3. The Labute approximate surface area is 89.8 Å². The van der Waals surface area contributed by atoms with E-state index in [0.29, 0.717) is 25.6 Å². The van der Waals surface area contributed by atoms with Gasteiger partial charge >= 0.3 is 5.97 Å². The molecule has 0 heterocycles. The molecule has 0 aromatic rings. The Morgan fingerprint density at radius 1 is 1.47 bits per heavy atom. The molecule has 1 saturated carbocycles. The number of hydrogen-bond acceptors (Lipinski definition) is 4. The van der Waals surface area contributed by atoms with E-state index in [1.54, 1.807) is 4.90 Å². The maximum Gasteiger partial charge on any atom is 0.306 e. The number of carbonyl (C=O) groups excluding carboxylic acids is 2. The first-order chi connectivity index (χ1) is 7.15. The number of carbonyl (C=O) groups is 2. The Kier molecular flexibility index (Phi) is 4.55. The summed E-state index contributed by atoms with van der Waals surface area (Å²) in [7, 11) is 3.18. The Bertz CT molecular complexity index is 239. The van der Waals surface area contributed by atoms with E-state index >= 15 is 0 Å². The summed E-state index contributed by atoms with van der Waals surface area (Å²) in [5, 5.41) is 2.92. The number of ether oxygens (including phenoxy) is 1. The number of hydrogen-bond donors (Lipinski definition) is 1. The van der Waals surface area contributed by atoms with Gasteiger partial charge in [-0.3, -0.25) is 9.59 Å². The predicted octanol–water partition coefficient (Wildman–Crippen LogP) is -0.240. The van der Waals surface area contributed by atoms with Crippen LogP contribution in [-0.4, -0.2) is 50.1 Å². The Balaban J connectivity index is 2.03. The fraction of sp³-hybridized carbons (Fsp3) is 0.800. The molecule has 1 aliphatic carbocycles. The minimum atomic E-state index is -0.259. The van der Waals surface area contributed by atoms with Crippen molar-refractivity contribution < 1.29 is 14.3 Å². The molecule has 0 aromatic carbocycles. The molecule has 0 aliphatic heterocycles. The summed E-state index contributed by atoms with van der Waals surface area (Å²) >= 11 is 0. The number of likely N-dealkylation sites (N-methyl/N-ethyl adjacent to an activating group) is 1. The molecular weight excluding hydrogens is 196 g/mol. The summed E-state index contributed by atoms with van der Waals surface area (Å²) in [5.74, 6) is -0.173. The minimum absolute atomic E-state index is 0.0855. The van der Waals surface area contributed by atoms with Crippen LogP contribution >= 0.6 is 0 Å². The minimum Gasteiger partial charge on any atom is -0.469 e. The molecule has 1 rings (SSSR count). The molecule has 5 nitrogen and oxygen atoms in total. The lowest BCUT2D eigenvalue weighted by Gasteiger charge is -2.16. The fourth-order valence-corrected chi connectivity index (χ4v) is 1.28. The van der Waals surface area contributed by atoms with Crippen molar-refractivity contribution in [2.75, 3.05) is 27.2 Å². The standard InChI is InChI=1S/C10H18N2O3/c1-12(8-3-4-8)9(13)7-11-6-5-10(14)15-2/h8,11H,3-7H2,1-2H3. The van der Waals surface area contributed by atoms with E-state index in [9.17, 15) is 9.59 Å². The molecule has 86 valence electrons. The molecule has 0 radical (unpaired) electrons. The molecule has 0 aromatic heterocycles. The van der Waals surface area contributed by atoms with Gasteiger partial charge in [0.05, 0.1) is 20.1 Å². The van der Waals surface area contributed by atoms with E-state index in [-0.39, 0.29) is 11.9 Å². The second-order valence-electron chi connectivity index (χ2n) is 3.74. The Morgan fingerprint density at radius 3 is 2.67 bits per heavy atom. The number of nitrogens with one attached hydrogen (secondary N) is 1. The monoisotopic (exact) mass is 214 g/mol. The molecule has 0 unspecified atom stereocenters. The summed E-state index contributed by atoms with van der Waals surface area (Å²) in [6.07, 6.45) is 2.53. The van der Waals surface area contributed by atoms with Crippen LogP contribution in [0.5, 0.6) is 0 Å². The summed E-state index contributed by atoms with van der Waals surface area (Å²) in [6.45, 7) is 0.779.